The Labute approximate surface area is 329 Å². The van der Waals surface area contributed by atoms with E-state index < -0.39 is 24.4 Å². The number of aliphatic hydroxyl groups excluding tert-OH is 2. The molecule has 0 heterocycles. The maximum absolute atomic E-state index is 11.7. The molecule has 0 aliphatic carbocycles. The quantitative estimate of drug-likeness (QED) is 0.0673. The Hall–Kier alpha value is -5.32. The van der Waals surface area contributed by atoms with Gasteiger partial charge in [-0.25, -0.2) is 0 Å². The molecule has 290 valence electrons. The van der Waals surface area contributed by atoms with Crippen LogP contribution < -0.4 is 9.47 Å². The zero-order valence-electron chi connectivity index (χ0n) is 31.5. The molecule has 6 aromatic carbocycles. The summed E-state index contributed by atoms with van der Waals surface area (Å²) in [5.74, 6) is 1.47. The summed E-state index contributed by atoms with van der Waals surface area (Å²) in [7, 11) is 0. The smallest absolute Gasteiger partial charge is 0.119 e. The standard InChI is InChI=1S/C48H50O8/c49-47(45(35-51-29-37-13-5-1-6-14-37)55-33-41-21-25-43(26-22-41)53-31-39-17-9-3-10-18-39)48(50)46(36-52-30-38-15-7-2-8-16-38)56-34-42-23-27-44(28-24-42)54-32-40-19-11-4-12-20-40/h1-28,45-50H,29-36H2/t45-,46-,47-,48-/m1/s1. The van der Waals surface area contributed by atoms with Gasteiger partial charge in [-0.2, -0.15) is 0 Å². The van der Waals surface area contributed by atoms with Crippen LogP contribution in [0.25, 0.3) is 0 Å². The van der Waals surface area contributed by atoms with Gasteiger partial charge in [0.2, 0.25) is 0 Å². The van der Waals surface area contributed by atoms with Gasteiger partial charge < -0.3 is 38.6 Å². The first-order valence-electron chi connectivity index (χ1n) is 18.9. The zero-order valence-corrected chi connectivity index (χ0v) is 31.5. The second-order valence-corrected chi connectivity index (χ2v) is 13.5. The van der Waals surface area contributed by atoms with E-state index >= 15 is 0 Å². The summed E-state index contributed by atoms with van der Waals surface area (Å²) in [6.07, 6.45) is -4.50. The lowest BCUT2D eigenvalue weighted by Crippen LogP contribution is -2.49. The molecule has 0 aromatic heterocycles. The van der Waals surface area contributed by atoms with Crippen molar-refractivity contribution in [3.63, 3.8) is 0 Å². The van der Waals surface area contributed by atoms with Crippen LogP contribution in [-0.2, 0) is 58.6 Å². The Kier molecular flexibility index (Phi) is 16.1. The number of ether oxygens (including phenoxy) is 6. The van der Waals surface area contributed by atoms with Crippen molar-refractivity contribution in [2.24, 2.45) is 0 Å². The molecule has 8 heteroatoms. The second kappa shape index (κ2) is 22.3. The van der Waals surface area contributed by atoms with E-state index in [9.17, 15) is 10.2 Å². The summed E-state index contributed by atoms with van der Waals surface area (Å²) in [4.78, 5) is 0. The van der Waals surface area contributed by atoms with Crippen molar-refractivity contribution in [3.8, 4) is 11.5 Å². The summed E-state index contributed by atoms with van der Waals surface area (Å²) in [6.45, 7) is 2.00. The monoisotopic (exact) mass is 754 g/mol. The third kappa shape index (κ3) is 13.5. The number of benzene rings is 6. The highest BCUT2D eigenvalue weighted by Crippen LogP contribution is 2.21. The minimum Gasteiger partial charge on any atom is -0.489 e. The first-order valence-corrected chi connectivity index (χ1v) is 18.9. The molecular formula is C48H50O8. The van der Waals surface area contributed by atoms with Gasteiger partial charge in [0, 0.05) is 0 Å². The first-order chi connectivity index (χ1) is 27.6. The summed E-state index contributed by atoms with van der Waals surface area (Å²) in [6, 6.07) is 54.8. The fourth-order valence-electron chi connectivity index (χ4n) is 5.92. The van der Waals surface area contributed by atoms with Gasteiger partial charge in [0.05, 0.1) is 39.6 Å². The maximum atomic E-state index is 11.7. The average molecular weight is 755 g/mol. The highest BCUT2D eigenvalue weighted by atomic mass is 16.6. The van der Waals surface area contributed by atoms with Gasteiger partial charge in [0.15, 0.2) is 0 Å². The lowest BCUT2D eigenvalue weighted by molar-refractivity contribution is -0.170. The predicted octanol–water partition coefficient (Wildman–Crippen LogP) is 8.47. The second-order valence-electron chi connectivity index (χ2n) is 13.5. The van der Waals surface area contributed by atoms with Crippen LogP contribution >= 0.6 is 0 Å². The van der Waals surface area contributed by atoms with E-state index in [-0.39, 0.29) is 26.4 Å². The van der Waals surface area contributed by atoms with E-state index in [1.165, 1.54) is 0 Å². The van der Waals surface area contributed by atoms with Crippen molar-refractivity contribution < 1.29 is 38.6 Å². The highest BCUT2D eigenvalue weighted by Gasteiger charge is 2.34. The van der Waals surface area contributed by atoms with Crippen molar-refractivity contribution in [2.75, 3.05) is 13.2 Å². The highest BCUT2D eigenvalue weighted by molar-refractivity contribution is 5.29. The lowest BCUT2D eigenvalue weighted by atomic mass is 10.0. The van der Waals surface area contributed by atoms with E-state index in [0.717, 1.165) is 44.9 Å². The molecule has 0 spiro atoms. The Morgan fingerprint density at radius 1 is 0.321 bits per heavy atom. The molecular weight excluding hydrogens is 705 g/mol. The molecule has 6 rings (SSSR count). The SMILES string of the molecule is O[C@@H]([C@H](O)[C@@H](COCc1ccccc1)OCc1ccc(OCc2ccccc2)cc1)[C@@H](COCc1ccccc1)OCc1ccc(OCc2ccccc2)cc1. The summed E-state index contributed by atoms with van der Waals surface area (Å²) >= 11 is 0. The van der Waals surface area contributed by atoms with Gasteiger partial charge in [-0.05, 0) is 57.6 Å². The molecule has 2 N–H and O–H groups in total. The molecule has 0 amide bonds. The molecule has 0 bridgehead atoms. The van der Waals surface area contributed by atoms with Gasteiger partial charge >= 0.3 is 0 Å². The van der Waals surface area contributed by atoms with E-state index in [4.69, 9.17) is 28.4 Å². The predicted molar refractivity (Wildman–Crippen MR) is 216 cm³/mol. The Morgan fingerprint density at radius 3 is 0.929 bits per heavy atom. The van der Waals surface area contributed by atoms with E-state index in [1.54, 1.807) is 0 Å². The molecule has 6 aromatic rings. The number of aliphatic hydroxyl groups is 2. The number of rotatable bonds is 23. The van der Waals surface area contributed by atoms with Crippen molar-refractivity contribution in [2.45, 2.75) is 64.1 Å². The Bertz CT molecular complexity index is 1780. The van der Waals surface area contributed by atoms with Gasteiger partial charge in [-0.3, -0.25) is 0 Å². The van der Waals surface area contributed by atoms with Crippen molar-refractivity contribution in [3.05, 3.63) is 203 Å². The van der Waals surface area contributed by atoms with Crippen LogP contribution in [0, 0.1) is 0 Å². The molecule has 8 nitrogen and oxygen atoms in total. The molecule has 0 saturated heterocycles. The zero-order chi connectivity index (χ0) is 38.6. The van der Waals surface area contributed by atoms with Crippen LogP contribution in [-0.4, -0.2) is 47.8 Å². The molecule has 56 heavy (non-hydrogen) atoms. The van der Waals surface area contributed by atoms with Gasteiger partial charge in [-0.1, -0.05) is 146 Å². The molecule has 0 aliphatic rings. The molecule has 0 unspecified atom stereocenters. The van der Waals surface area contributed by atoms with Crippen molar-refractivity contribution >= 4 is 0 Å². The van der Waals surface area contributed by atoms with Gasteiger partial charge in [0.1, 0.15) is 49.1 Å². The first kappa shape index (κ1) is 40.3. The van der Waals surface area contributed by atoms with E-state index in [1.807, 2.05) is 170 Å². The van der Waals surface area contributed by atoms with Crippen LogP contribution in [0.3, 0.4) is 0 Å². The number of hydrogen-bond acceptors (Lipinski definition) is 8. The minimum atomic E-state index is -1.36. The Morgan fingerprint density at radius 2 is 0.607 bits per heavy atom. The average Bonchev–Trinajstić information content (AvgIpc) is 3.26. The minimum absolute atomic E-state index is 0.0351. The lowest BCUT2D eigenvalue weighted by Gasteiger charge is -2.32. The fourth-order valence-corrected chi connectivity index (χ4v) is 5.92. The summed E-state index contributed by atoms with van der Waals surface area (Å²) in [5, 5.41) is 23.4. The van der Waals surface area contributed by atoms with Crippen LogP contribution in [0.4, 0.5) is 0 Å². The third-order valence-electron chi connectivity index (χ3n) is 9.17. The maximum Gasteiger partial charge on any atom is 0.119 e. The largest absolute Gasteiger partial charge is 0.489 e. The van der Waals surface area contributed by atoms with Crippen molar-refractivity contribution in [1.29, 1.82) is 0 Å². The topological polar surface area (TPSA) is 95.8 Å². The normalized spacial score (nSPS) is 13.4. The molecule has 4 atom stereocenters. The van der Waals surface area contributed by atoms with E-state index in [2.05, 4.69) is 0 Å². The van der Waals surface area contributed by atoms with Gasteiger partial charge in [-0.15, -0.1) is 0 Å². The summed E-state index contributed by atoms with van der Waals surface area (Å²) < 4.78 is 36.6. The van der Waals surface area contributed by atoms with Crippen molar-refractivity contribution in [1.82, 2.24) is 0 Å². The van der Waals surface area contributed by atoms with Crippen LogP contribution in [0.5, 0.6) is 11.5 Å². The van der Waals surface area contributed by atoms with Gasteiger partial charge in [0.25, 0.3) is 0 Å². The molecule has 0 aliphatic heterocycles. The molecule has 0 radical (unpaired) electrons. The summed E-state index contributed by atoms with van der Waals surface area (Å²) in [5.41, 5.74) is 5.89. The van der Waals surface area contributed by atoms with Crippen LogP contribution in [0.15, 0.2) is 170 Å². The fraction of sp³-hybridized carbons (Fsp3) is 0.250. The molecule has 0 saturated carbocycles. The van der Waals surface area contributed by atoms with Crippen LogP contribution in [0.2, 0.25) is 0 Å². The Balaban J connectivity index is 1.09. The third-order valence-corrected chi connectivity index (χ3v) is 9.17. The molecule has 0 fully saturated rings. The van der Waals surface area contributed by atoms with Crippen LogP contribution in [0.1, 0.15) is 33.4 Å². The number of hydrogen-bond donors (Lipinski definition) is 2. The van der Waals surface area contributed by atoms with E-state index in [0.29, 0.717) is 26.4 Å².